The van der Waals surface area contributed by atoms with Gasteiger partial charge in [-0.05, 0) is 56.2 Å². The number of thioether (sulfide) groups is 1. The van der Waals surface area contributed by atoms with Crippen LogP contribution in [0.4, 0.5) is 5.69 Å². The molecule has 1 rings (SSSR count). The Morgan fingerprint density at radius 2 is 1.90 bits per heavy atom. The first-order valence-corrected chi connectivity index (χ1v) is 9.30. The van der Waals surface area contributed by atoms with Gasteiger partial charge < -0.3 is 5.73 Å². The van der Waals surface area contributed by atoms with Crippen LogP contribution >= 0.6 is 11.8 Å². The minimum atomic E-state index is -3.54. The van der Waals surface area contributed by atoms with Crippen molar-refractivity contribution in [2.24, 2.45) is 0 Å². The van der Waals surface area contributed by atoms with Crippen molar-refractivity contribution >= 4 is 27.5 Å². The van der Waals surface area contributed by atoms with Crippen molar-refractivity contribution < 1.29 is 8.42 Å². The summed E-state index contributed by atoms with van der Waals surface area (Å²) < 4.78 is 27.9. The molecule has 0 aliphatic rings. The topological polar surface area (TPSA) is 72.2 Å². The highest BCUT2D eigenvalue weighted by Crippen LogP contribution is 2.28. The molecule has 0 spiro atoms. The Hall–Kier alpha value is -0.720. The van der Waals surface area contributed by atoms with E-state index in [-0.39, 0.29) is 6.04 Å². The molecule has 114 valence electrons. The van der Waals surface area contributed by atoms with Gasteiger partial charge in [0.25, 0.3) is 0 Å². The SMILES string of the molecule is CCSCC(C)NS(=O)(=O)c1c(C)c(C)cc(N)c1C. The van der Waals surface area contributed by atoms with Gasteiger partial charge in [0.05, 0.1) is 4.90 Å². The van der Waals surface area contributed by atoms with Gasteiger partial charge in [-0.2, -0.15) is 11.8 Å². The fourth-order valence-electron chi connectivity index (χ4n) is 2.10. The number of nitrogens with two attached hydrogens (primary N) is 1. The lowest BCUT2D eigenvalue weighted by molar-refractivity contribution is 0.569. The number of hydrogen-bond acceptors (Lipinski definition) is 4. The molecular weight excluding hydrogens is 292 g/mol. The predicted molar refractivity (Wildman–Crippen MR) is 87.8 cm³/mol. The van der Waals surface area contributed by atoms with Crippen molar-refractivity contribution in [2.45, 2.75) is 45.6 Å². The van der Waals surface area contributed by atoms with E-state index >= 15 is 0 Å². The molecule has 0 amide bonds. The van der Waals surface area contributed by atoms with Gasteiger partial charge in [-0.25, -0.2) is 13.1 Å². The number of aryl methyl sites for hydroxylation is 1. The van der Waals surface area contributed by atoms with Gasteiger partial charge in [0.15, 0.2) is 0 Å². The number of rotatable bonds is 6. The molecule has 0 bridgehead atoms. The molecule has 6 heteroatoms. The van der Waals surface area contributed by atoms with Crippen molar-refractivity contribution in [3.63, 3.8) is 0 Å². The zero-order chi connectivity index (χ0) is 15.5. The lowest BCUT2D eigenvalue weighted by Crippen LogP contribution is -2.35. The Kier molecular flexibility index (Phi) is 5.91. The summed E-state index contributed by atoms with van der Waals surface area (Å²) >= 11 is 1.72. The lowest BCUT2D eigenvalue weighted by Gasteiger charge is -2.18. The van der Waals surface area contributed by atoms with E-state index in [1.165, 1.54) is 0 Å². The number of nitrogen functional groups attached to an aromatic ring is 1. The molecule has 4 nitrogen and oxygen atoms in total. The summed E-state index contributed by atoms with van der Waals surface area (Å²) in [6.45, 7) is 9.38. The molecule has 20 heavy (non-hydrogen) atoms. The van der Waals surface area contributed by atoms with E-state index < -0.39 is 10.0 Å². The van der Waals surface area contributed by atoms with Crippen LogP contribution in [0.25, 0.3) is 0 Å². The zero-order valence-electron chi connectivity index (χ0n) is 12.8. The normalized spacial score (nSPS) is 13.4. The molecule has 0 aromatic heterocycles. The van der Waals surface area contributed by atoms with Crippen LogP contribution in [0.15, 0.2) is 11.0 Å². The van der Waals surface area contributed by atoms with Crippen LogP contribution in [0.1, 0.15) is 30.5 Å². The molecule has 1 aromatic rings. The van der Waals surface area contributed by atoms with Crippen molar-refractivity contribution in [2.75, 3.05) is 17.2 Å². The molecule has 3 N–H and O–H groups in total. The maximum Gasteiger partial charge on any atom is 0.241 e. The van der Waals surface area contributed by atoms with Gasteiger partial charge in [-0.1, -0.05) is 6.92 Å². The number of sulfonamides is 1. The van der Waals surface area contributed by atoms with Crippen LogP contribution in [0.5, 0.6) is 0 Å². The van der Waals surface area contributed by atoms with Gasteiger partial charge in [-0.15, -0.1) is 0 Å². The van der Waals surface area contributed by atoms with Gasteiger partial charge in [0.1, 0.15) is 0 Å². The van der Waals surface area contributed by atoms with Gasteiger partial charge in [0, 0.05) is 17.5 Å². The molecule has 1 aromatic carbocycles. The van der Waals surface area contributed by atoms with E-state index in [4.69, 9.17) is 5.73 Å². The molecule has 0 saturated carbocycles. The monoisotopic (exact) mass is 316 g/mol. The van der Waals surface area contributed by atoms with Crippen molar-refractivity contribution in [3.8, 4) is 0 Å². The largest absolute Gasteiger partial charge is 0.398 e. The second-order valence-corrected chi connectivity index (χ2v) is 8.01. The molecular formula is C14H24N2O2S2. The van der Waals surface area contributed by atoms with Crippen LogP contribution in [-0.4, -0.2) is 26.0 Å². The first-order chi connectivity index (χ1) is 9.20. The van der Waals surface area contributed by atoms with Crippen LogP contribution in [0, 0.1) is 20.8 Å². The third-order valence-corrected chi connectivity index (χ3v) is 6.28. The summed E-state index contributed by atoms with van der Waals surface area (Å²) in [7, 11) is -3.54. The summed E-state index contributed by atoms with van der Waals surface area (Å²) in [6, 6.07) is 1.71. The van der Waals surface area contributed by atoms with Crippen molar-refractivity contribution in [3.05, 3.63) is 22.8 Å². The molecule has 0 fully saturated rings. The number of anilines is 1. The molecule has 0 saturated heterocycles. The molecule has 0 heterocycles. The van der Waals surface area contributed by atoms with Crippen LogP contribution in [-0.2, 0) is 10.0 Å². The van der Waals surface area contributed by atoms with E-state index in [1.807, 2.05) is 26.8 Å². The third-order valence-electron chi connectivity index (χ3n) is 3.27. The second kappa shape index (κ2) is 6.83. The molecule has 1 unspecified atom stereocenters. The Morgan fingerprint density at radius 3 is 2.45 bits per heavy atom. The van der Waals surface area contributed by atoms with Gasteiger partial charge in [0.2, 0.25) is 10.0 Å². The number of hydrogen-bond donors (Lipinski definition) is 2. The molecule has 0 aliphatic heterocycles. The van der Waals surface area contributed by atoms with Crippen LogP contribution in [0.3, 0.4) is 0 Å². The Labute approximate surface area is 126 Å². The van der Waals surface area contributed by atoms with E-state index in [9.17, 15) is 8.42 Å². The average Bonchev–Trinajstić information content (AvgIpc) is 2.33. The maximum atomic E-state index is 12.6. The summed E-state index contributed by atoms with van der Waals surface area (Å²) in [6.07, 6.45) is 0. The van der Waals surface area contributed by atoms with Crippen molar-refractivity contribution in [1.82, 2.24) is 4.72 Å². The molecule has 0 aliphatic carbocycles. The lowest BCUT2D eigenvalue weighted by atomic mass is 10.1. The highest BCUT2D eigenvalue weighted by atomic mass is 32.2. The van der Waals surface area contributed by atoms with Gasteiger partial charge >= 0.3 is 0 Å². The third kappa shape index (κ3) is 3.90. The highest BCUT2D eigenvalue weighted by Gasteiger charge is 2.23. The van der Waals surface area contributed by atoms with E-state index in [0.717, 1.165) is 22.6 Å². The minimum Gasteiger partial charge on any atom is -0.398 e. The standard InChI is InChI=1S/C14H24N2O2S2/c1-6-19-8-10(3)16-20(17,18)14-11(4)9(2)7-13(15)12(14)5/h7,10,16H,6,8,15H2,1-5H3. The fourth-order valence-corrected chi connectivity index (χ4v) is 4.69. The summed E-state index contributed by atoms with van der Waals surface area (Å²) in [5, 5.41) is 0. The highest BCUT2D eigenvalue weighted by molar-refractivity contribution is 7.99. The Morgan fingerprint density at radius 1 is 1.30 bits per heavy atom. The van der Waals surface area contributed by atoms with Crippen molar-refractivity contribution in [1.29, 1.82) is 0 Å². The second-order valence-electron chi connectivity index (χ2n) is 5.04. The predicted octanol–water partition coefficient (Wildman–Crippen LogP) is 2.61. The van der Waals surface area contributed by atoms with Crippen LogP contribution < -0.4 is 10.5 Å². The van der Waals surface area contributed by atoms with Gasteiger partial charge in [-0.3, -0.25) is 0 Å². The maximum absolute atomic E-state index is 12.6. The molecule has 1 atom stereocenters. The Balaban J connectivity index is 3.16. The quantitative estimate of drug-likeness (QED) is 0.791. The summed E-state index contributed by atoms with van der Waals surface area (Å²) in [5.74, 6) is 1.73. The van der Waals surface area contributed by atoms with E-state index in [1.54, 1.807) is 18.7 Å². The fraction of sp³-hybridized carbons (Fsp3) is 0.571. The summed E-state index contributed by atoms with van der Waals surface area (Å²) in [5.41, 5.74) is 8.70. The zero-order valence-corrected chi connectivity index (χ0v) is 14.4. The first-order valence-electron chi connectivity index (χ1n) is 6.67. The summed E-state index contributed by atoms with van der Waals surface area (Å²) in [4.78, 5) is 0.323. The first kappa shape index (κ1) is 17.3. The average molecular weight is 316 g/mol. The Bertz CT molecular complexity index is 557. The van der Waals surface area contributed by atoms with Crippen LogP contribution in [0.2, 0.25) is 0 Å². The van der Waals surface area contributed by atoms with E-state index in [2.05, 4.69) is 11.6 Å². The molecule has 0 radical (unpaired) electrons. The minimum absolute atomic E-state index is 0.106. The number of benzene rings is 1. The smallest absolute Gasteiger partial charge is 0.241 e. The number of nitrogens with one attached hydrogen (secondary N) is 1. The van der Waals surface area contributed by atoms with E-state index in [0.29, 0.717) is 16.1 Å².